The van der Waals surface area contributed by atoms with Crippen LogP contribution < -0.4 is 10.2 Å². The average molecular weight is 291 g/mol. The van der Waals surface area contributed by atoms with Crippen LogP contribution in [0, 0.1) is 5.82 Å². The predicted molar refractivity (Wildman–Crippen MR) is 81.3 cm³/mol. The second-order valence-electron chi connectivity index (χ2n) is 4.99. The third-order valence-corrected chi connectivity index (χ3v) is 3.93. The minimum absolute atomic E-state index is 0.210. The van der Waals surface area contributed by atoms with Gasteiger partial charge in [0.1, 0.15) is 5.82 Å². The standard InChI is InChI=1S/C16H16ClFN2/c1-19-10-11-2-5-15(14(17)8-11)20-7-6-12-3-4-13(18)9-16(12)20/h2-5,8-9,19H,6-7,10H2,1H3. The lowest BCUT2D eigenvalue weighted by Gasteiger charge is -2.21. The highest BCUT2D eigenvalue weighted by atomic mass is 35.5. The smallest absolute Gasteiger partial charge is 0.125 e. The van der Waals surface area contributed by atoms with Gasteiger partial charge in [-0.3, -0.25) is 0 Å². The highest BCUT2D eigenvalue weighted by Crippen LogP contribution is 2.38. The van der Waals surface area contributed by atoms with E-state index in [0.29, 0.717) is 5.02 Å². The summed E-state index contributed by atoms with van der Waals surface area (Å²) in [6, 6.07) is 11.0. The maximum absolute atomic E-state index is 13.4. The molecule has 1 N–H and O–H groups in total. The van der Waals surface area contributed by atoms with E-state index >= 15 is 0 Å². The molecule has 0 saturated carbocycles. The number of fused-ring (bicyclic) bond motifs is 1. The van der Waals surface area contributed by atoms with Crippen LogP contribution in [0.15, 0.2) is 36.4 Å². The number of hydrogen-bond donors (Lipinski definition) is 1. The fourth-order valence-corrected chi connectivity index (χ4v) is 2.99. The molecule has 2 aromatic carbocycles. The Morgan fingerprint density at radius 2 is 2.05 bits per heavy atom. The first-order valence-corrected chi connectivity index (χ1v) is 7.06. The number of benzene rings is 2. The summed E-state index contributed by atoms with van der Waals surface area (Å²) in [5, 5.41) is 3.81. The van der Waals surface area contributed by atoms with Gasteiger partial charge in [-0.25, -0.2) is 4.39 Å². The third-order valence-electron chi connectivity index (χ3n) is 3.63. The highest BCUT2D eigenvalue weighted by Gasteiger charge is 2.22. The summed E-state index contributed by atoms with van der Waals surface area (Å²) in [7, 11) is 1.90. The van der Waals surface area contributed by atoms with Gasteiger partial charge in [0.05, 0.1) is 10.7 Å². The van der Waals surface area contributed by atoms with Gasteiger partial charge in [-0.2, -0.15) is 0 Å². The number of nitrogens with one attached hydrogen (secondary N) is 1. The molecule has 0 unspecified atom stereocenters. The van der Waals surface area contributed by atoms with Crippen molar-refractivity contribution in [3.05, 3.63) is 58.4 Å². The lowest BCUT2D eigenvalue weighted by atomic mass is 10.1. The Morgan fingerprint density at radius 1 is 1.20 bits per heavy atom. The monoisotopic (exact) mass is 290 g/mol. The van der Waals surface area contributed by atoms with E-state index in [-0.39, 0.29) is 5.82 Å². The van der Waals surface area contributed by atoms with Crippen molar-refractivity contribution in [1.29, 1.82) is 0 Å². The number of rotatable bonds is 3. The van der Waals surface area contributed by atoms with Gasteiger partial charge < -0.3 is 10.2 Å². The molecule has 1 aliphatic rings. The number of anilines is 2. The normalized spacial score (nSPS) is 13.7. The van der Waals surface area contributed by atoms with Gasteiger partial charge in [0.15, 0.2) is 0 Å². The number of nitrogens with zero attached hydrogens (tertiary/aromatic N) is 1. The van der Waals surface area contributed by atoms with Crippen molar-refractivity contribution >= 4 is 23.0 Å². The van der Waals surface area contributed by atoms with E-state index in [1.54, 1.807) is 6.07 Å². The van der Waals surface area contributed by atoms with Crippen molar-refractivity contribution < 1.29 is 4.39 Å². The van der Waals surface area contributed by atoms with Crippen LogP contribution in [0.4, 0.5) is 15.8 Å². The summed E-state index contributed by atoms with van der Waals surface area (Å²) in [6.45, 7) is 1.62. The SMILES string of the molecule is CNCc1ccc(N2CCc3ccc(F)cc32)c(Cl)c1. The summed E-state index contributed by atoms with van der Waals surface area (Å²) in [5.41, 5.74) is 4.17. The number of hydrogen-bond acceptors (Lipinski definition) is 2. The van der Waals surface area contributed by atoms with E-state index in [4.69, 9.17) is 11.6 Å². The first-order chi connectivity index (χ1) is 9.69. The molecular weight excluding hydrogens is 275 g/mol. The molecule has 0 fully saturated rings. The van der Waals surface area contributed by atoms with Crippen molar-refractivity contribution in [2.24, 2.45) is 0 Å². The Labute approximate surface area is 123 Å². The van der Waals surface area contributed by atoms with Crippen molar-refractivity contribution in [2.75, 3.05) is 18.5 Å². The Hall–Kier alpha value is -1.58. The van der Waals surface area contributed by atoms with Crippen LogP contribution in [0.1, 0.15) is 11.1 Å². The van der Waals surface area contributed by atoms with Crippen LogP contribution in [-0.4, -0.2) is 13.6 Å². The molecule has 0 radical (unpaired) electrons. The van der Waals surface area contributed by atoms with Crippen molar-refractivity contribution in [1.82, 2.24) is 5.32 Å². The largest absolute Gasteiger partial charge is 0.340 e. The van der Waals surface area contributed by atoms with Crippen molar-refractivity contribution in [3.8, 4) is 0 Å². The first-order valence-electron chi connectivity index (χ1n) is 6.68. The minimum atomic E-state index is -0.210. The molecule has 0 spiro atoms. The molecule has 1 heterocycles. The van der Waals surface area contributed by atoms with Gasteiger partial charge in [0.25, 0.3) is 0 Å². The second kappa shape index (κ2) is 5.43. The van der Waals surface area contributed by atoms with E-state index in [2.05, 4.69) is 16.3 Å². The van der Waals surface area contributed by atoms with Gasteiger partial charge in [-0.05, 0) is 48.9 Å². The molecule has 3 rings (SSSR count). The van der Waals surface area contributed by atoms with E-state index in [0.717, 1.165) is 36.4 Å². The molecule has 2 nitrogen and oxygen atoms in total. The van der Waals surface area contributed by atoms with E-state index in [1.807, 2.05) is 25.2 Å². The molecule has 0 amide bonds. The van der Waals surface area contributed by atoms with E-state index in [1.165, 1.54) is 11.6 Å². The van der Waals surface area contributed by atoms with Crippen LogP contribution >= 0.6 is 11.6 Å². The van der Waals surface area contributed by atoms with Gasteiger partial charge in [-0.15, -0.1) is 0 Å². The fraction of sp³-hybridized carbons (Fsp3) is 0.250. The van der Waals surface area contributed by atoms with Crippen LogP contribution in [0.2, 0.25) is 5.02 Å². The maximum atomic E-state index is 13.4. The molecule has 2 aromatic rings. The molecule has 20 heavy (non-hydrogen) atoms. The third kappa shape index (κ3) is 2.39. The summed E-state index contributed by atoms with van der Waals surface area (Å²) >= 11 is 6.39. The molecular formula is C16H16ClFN2. The average Bonchev–Trinajstić information content (AvgIpc) is 2.82. The predicted octanol–water partition coefficient (Wildman–Crippen LogP) is 3.89. The highest BCUT2D eigenvalue weighted by molar-refractivity contribution is 6.33. The quantitative estimate of drug-likeness (QED) is 0.922. The fourth-order valence-electron chi connectivity index (χ4n) is 2.69. The minimum Gasteiger partial charge on any atom is -0.340 e. The van der Waals surface area contributed by atoms with Crippen molar-refractivity contribution in [3.63, 3.8) is 0 Å². The molecule has 0 atom stereocenters. The summed E-state index contributed by atoms with van der Waals surface area (Å²) in [6.07, 6.45) is 0.921. The first kappa shape index (κ1) is 13.4. The summed E-state index contributed by atoms with van der Waals surface area (Å²) in [4.78, 5) is 2.09. The maximum Gasteiger partial charge on any atom is 0.125 e. The van der Waals surface area contributed by atoms with Crippen LogP contribution in [0.3, 0.4) is 0 Å². The zero-order valence-corrected chi connectivity index (χ0v) is 12.0. The lowest BCUT2D eigenvalue weighted by molar-refractivity contribution is 0.628. The topological polar surface area (TPSA) is 15.3 Å². The van der Waals surface area contributed by atoms with Gasteiger partial charge in [0.2, 0.25) is 0 Å². The zero-order chi connectivity index (χ0) is 14.1. The molecule has 0 bridgehead atoms. The van der Waals surface area contributed by atoms with Crippen LogP contribution in [-0.2, 0) is 13.0 Å². The van der Waals surface area contributed by atoms with Crippen LogP contribution in [0.5, 0.6) is 0 Å². The molecule has 0 aliphatic carbocycles. The van der Waals surface area contributed by atoms with Gasteiger partial charge in [-0.1, -0.05) is 23.7 Å². The summed E-state index contributed by atoms with van der Waals surface area (Å²) < 4.78 is 13.4. The van der Waals surface area contributed by atoms with E-state index in [9.17, 15) is 4.39 Å². The Balaban J connectivity index is 1.98. The molecule has 1 aliphatic heterocycles. The lowest BCUT2D eigenvalue weighted by Crippen LogP contribution is -2.14. The van der Waals surface area contributed by atoms with Gasteiger partial charge >= 0.3 is 0 Å². The Bertz CT molecular complexity index is 642. The molecule has 4 heteroatoms. The summed E-state index contributed by atoms with van der Waals surface area (Å²) in [5.74, 6) is -0.210. The Kier molecular flexibility index (Phi) is 3.64. The Morgan fingerprint density at radius 3 is 2.80 bits per heavy atom. The van der Waals surface area contributed by atoms with E-state index < -0.39 is 0 Å². The zero-order valence-electron chi connectivity index (χ0n) is 11.3. The van der Waals surface area contributed by atoms with Gasteiger partial charge in [0, 0.05) is 18.8 Å². The molecule has 0 saturated heterocycles. The van der Waals surface area contributed by atoms with Crippen molar-refractivity contribution in [2.45, 2.75) is 13.0 Å². The van der Waals surface area contributed by atoms with Crippen LogP contribution in [0.25, 0.3) is 0 Å². The number of halogens is 2. The molecule has 104 valence electrons. The molecule has 0 aromatic heterocycles. The second-order valence-corrected chi connectivity index (χ2v) is 5.40.